The number of hydrogen-bond acceptors (Lipinski definition) is 6. The van der Waals surface area contributed by atoms with Crippen molar-refractivity contribution in [3.8, 4) is 11.4 Å². The summed E-state index contributed by atoms with van der Waals surface area (Å²) in [5, 5.41) is 10.6. The van der Waals surface area contributed by atoms with Crippen LogP contribution in [0.25, 0.3) is 5.69 Å². The first-order valence-electron chi connectivity index (χ1n) is 12.9. The summed E-state index contributed by atoms with van der Waals surface area (Å²) in [6.07, 6.45) is 1.62. The Morgan fingerprint density at radius 2 is 1.82 bits per heavy atom. The average Bonchev–Trinajstić information content (AvgIpc) is 3.20. The summed E-state index contributed by atoms with van der Waals surface area (Å²) in [5.41, 5.74) is 9.39. The number of carbonyl (C=O) groups excluding carboxylic acids is 2. The van der Waals surface area contributed by atoms with Crippen molar-refractivity contribution >= 4 is 35.4 Å². The van der Waals surface area contributed by atoms with E-state index in [9.17, 15) is 9.59 Å². The van der Waals surface area contributed by atoms with E-state index in [0.717, 1.165) is 22.6 Å². The zero-order valence-corrected chi connectivity index (χ0v) is 24.0. The largest absolute Gasteiger partial charge is 0.483 e. The van der Waals surface area contributed by atoms with Crippen LogP contribution in [0.1, 0.15) is 48.0 Å². The van der Waals surface area contributed by atoms with Gasteiger partial charge in [0.2, 0.25) is 0 Å². The van der Waals surface area contributed by atoms with Gasteiger partial charge in [0.25, 0.3) is 5.91 Å². The van der Waals surface area contributed by atoms with Gasteiger partial charge in [-0.2, -0.15) is 5.10 Å². The molecule has 0 fully saturated rings. The number of ether oxygens (including phenoxy) is 2. The molecule has 0 unspecified atom stereocenters. The zero-order valence-electron chi connectivity index (χ0n) is 23.2. The molecule has 0 saturated heterocycles. The number of hydrogen-bond donors (Lipinski definition) is 3. The molecule has 10 heteroatoms. The van der Waals surface area contributed by atoms with Crippen LogP contribution >= 0.6 is 12.2 Å². The number of thiocarbonyl (C=S) groups is 1. The molecule has 0 radical (unpaired) electrons. The molecule has 2 aromatic carbocycles. The first-order valence-corrected chi connectivity index (χ1v) is 13.4. The maximum atomic E-state index is 12.7. The van der Waals surface area contributed by atoms with Crippen molar-refractivity contribution in [2.24, 2.45) is 5.10 Å². The van der Waals surface area contributed by atoms with E-state index in [4.69, 9.17) is 21.7 Å². The number of aryl methyl sites for hydroxylation is 2. The van der Waals surface area contributed by atoms with Gasteiger partial charge in [0.1, 0.15) is 5.75 Å². The lowest BCUT2D eigenvalue weighted by molar-refractivity contribution is -0.139. The molecule has 1 amide bonds. The molecule has 208 valence electrons. The van der Waals surface area contributed by atoms with Gasteiger partial charge in [-0.3, -0.25) is 4.79 Å². The molecule has 0 aliphatic carbocycles. The second-order valence-corrected chi connectivity index (χ2v) is 9.82. The van der Waals surface area contributed by atoms with Crippen molar-refractivity contribution in [2.45, 2.75) is 40.7 Å². The molecular weight excluding hydrogens is 526 g/mol. The van der Waals surface area contributed by atoms with Crippen LogP contribution in [-0.4, -0.2) is 41.0 Å². The highest BCUT2D eigenvalue weighted by atomic mass is 32.1. The summed E-state index contributed by atoms with van der Waals surface area (Å²) < 4.78 is 13.3. The number of amides is 1. The molecule has 0 saturated carbocycles. The minimum Gasteiger partial charge on any atom is -0.483 e. The number of para-hydroxylation sites is 1. The monoisotopic (exact) mass is 559 g/mol. The van der Waals surface area contributed by atoms with E-state index < -0.39 is 17.9 Å². The van der Waals surface area contributed by atoms with Crippen molar-refractivity contribution in [3.63, 3.8) is 0 Å². The molecule has 0 bridgehead atoms. The fourth-order valence-electron chi connectivity index (χ4n) is 4.62. The molecule has 40 heavy (non-hydrogen) atoms. The minimum atomic E-state index is -0.603. The Bertz CT molecular complexity index is 1490. The summed E-state index contributed by atoms with van der Waals surface area (Å²) in [6.45, 7) is 9.57. The Labute approximate surface area is 239 Å². The normalized spacial score (nSPS) is 15.0. The third-order valence-electron chi connectivity index (χ3n) is 6.51. The molecule has 9 nitrogen and oxygen atoms in total. The minimum absolute atomic E-state index is 0.237. The SMILES string of the molecule is CCOC(=O)C1=C(C)NC(=S)N[C@H]1c1ccccc1OCC(=O)NN=Cc1cc(C)n(-c2ccc(C)cc2)c1C. The fraction of sp³-hybridized carbons (Fsp3) is 0.267. The van der Waals surface area contributed by atoms with Crippen molar-refractivity contribution in [1.82, 2.24) is 20.6 Å². The van der Waals surface area contributed by atoms with Crippen LogP contribution in [0.2, 0.25) is 0 Å². The van der Waals surface area contributed by atoms with Crippen molar-refractivity contribution in [1.29, 1.82) is 0 Å². The van der Waals surface area contributed by atoms with Gasteiger partial charge in [-0.05, 0) is 71.1 Å². The standard InChI is InChI=1S/C30H33N5O4S/c1-6-38-29(37)27-20(4)32-30(40)33-28(27)24-9-7-8-10-25(24)39-17-26(36)34-31-16-22-15-19(3)35(21(22)5)23-13-11-18(2)12-14-23/h7-16,28H,6,17H2,1-5H3,(H,34,36)(H2,32,33,40)/t28-/m0/s1. The lowest BCUT2D eigenvalue weighted by Crippen LogP contribution is -2.45. The van der Waals surface area contributed by atoms with Crippen LogP contribution in [0.4, 0.5) is 0 Å². The predicted molar refractivity (Wildman–Crippen MR) is 159 cm³/mol. The fourth-order valence-corrected chi connectivity index (χ4v) is 4.89. The second-order valence-electron chi connectivity index (χ2n) is 9.41. The smallest absolute Gasteiger partial charge is 0.338 e. The van der Waals surface area contributed by atoms with E-state index in [-0.39, 0.29) is 13.2 Å². The highest BCUT2D eigenvalue weighted by Crippen LogP contribution is 2.33. The molecule has 0 spiro atoms. The van der Waals surface area contributed by atoms with Crippen LogP contribution in [-0.2, 0) is 14.3 Å². The first kappa shape index (κ1) is 28.6. The molecule has 4 rings (SSSR count). The average molecular weight is 560 g/mol. The van der Waals surface area contributed by atoms with Gasteiger partial charge in [-0.1, -0.05) is 35.9 Å². The first-order chi connectivity index (χ1) is 19.2. The van der Waals surface area contributed by atoms with Crippen LogP contribution in [0, 0.1) is 20.8 Å². The predicted octanol–water partition coefficient (Wildman–Crippen LogP) is 4.29. The van der Waals surface area contributed by atoms with Crippen molar-refractivity contribution < 1.29 is 19.1 Å². The van der Waals surface area contributed by atoms with Gasteiger partial charge in [-0.15, -0.1) is 0 Å². The number of nitrogens with zero attached hydrogens (tertiary/aromatic N) is 2. The summed E-state index contributed by atoms with van der Waals surface area (Å²) in [4.78, 5) is 25.3. The number of esters is 1. The Morgan fingerprint density at radius 3 is 2.55 bits per heavy atom. The molecule has 1 aliphatic heterocycles. The van der Waals surface area contributed by atoms with E-state index >= 15 is 0 Å². The molecule has 2 heterocycles. The third kappa shape index (κ3) is 6.40. The highest BCUT2D eigenvalue weighted by molar-refractivity contribution is 7.80. The number of nitrogens with one attached hydrogen (secondary N) is 3. The van der Waals surface area contributed by atoms with Crippen LogP contribution in [0.15, 0.2) is 71.0 Å². The number of hydrazone groups is 1. The lowest BCUT2D eigenvalue weighted by atomic mass is 9.95. The highest BCUT2D eigenvalue weighted by Gasteiger charge is 2.32. The maximum Gasteiger partial charge on any atom is 0.338 e. The van der Waals surface area contributed by atoms with Gasteiger partial charge >= 0.3 is 5.97 Å². The third-order valence-corrected chi connectivity index (χ3v) is 6.73. The quantitative estimate of drug-likeness (QED) is 0.155. The second kappa shape index (κ2) is 12.6. The molecule has 3 N–H and O–H groups in total. The summed E-state index contributed by atoms with van der Waals surface area (Å²) in [5.74, 6) is -0.458. The van der Waals surface area contributed by atoms with Gasteiger partial charge < -0.3 is 24.7 Å². The Hall–Kier alpha value is -4.44. The van der Waals surface area contributed by atoms with E-state index in [1.54, 1.807) is 32.2 Å². The summed E-state index contributed by atoms with van der Waals surface area (Å²) in [6, 6.07) is 16.9. The number of allylic oxidation sites excluding steroid dienone is 1. The lowest BCUT2D eigenvalue weighted by Gasteiger charge is -2.30. The van der Waals surface area contributed by atoms with Crippen molar-refractivity contribution in [2.75, 3.05) is 13.2 Å². The molecule has 1 aromatic heterocycles. The number of rotatable bonds is 9. The summed E-state index contributed by atoms with van der Waals surface area (Å²) in [7, 11) is 0. The maximum absolute atomic E-state index is 12.7. The number of aromatic nitrogens is 1. The molecule has 1 aliphatic rings. The Morgan fingerprint density at radius 1 is 1.10 bits per heavy atom. The Balaban J connectivity index is 1.44. The summed E-state index contributed by atoms with van der Waals surface area (Å²) >= 11 is 5.32. The van der Waals surface area contributed by atoms with Crippen molar-refractivity contribution in [3.05, 3.63) is 93.9 Å². The number of benzene rings is 2. The van der Waals surface area contributed by atoms with E-state index in [2.05, 4.69) is 56.9 Å². The molecule has 1 atom stereocenters. The number of carbonyl (C=O) groups is 2. The van der Waals surface area contributed by atoms with E-state index in [1.165, 1.54) is 5.56 Å². The van der Waals surface area contributed by atoms with E-state index in [1.807, 2.05) is 32.0 Å². The van der Waals surface area contributed by atoms with Crippen LogP contribution in [0.3, 0.4) is 0 Å². The van der Waals surface area contributed by atoms with Crippen LogP contribution in [0.5, 0.6) is 5.75 Å². The van der Waals surface area contributed by atoms with Crippen LogP contribution < -0.4 is 20.8 Å². The Kier molecular flexibility index (Phi) is 9.00. The van der Waals surface area contributed by atoms with Gasteiger partial charge in [0.05, 0.1) is 24.4 Å². The molecular formula is C30H33N5O4S. The topological polar surface area (TPSA) is 106 Å². The van der Waals surface area contributed by atoms with Gasteiger partial charge in [0, 0.05) is 33.9 Å². The van der Waals surface area contributed by atoms with Gasteiger partial charge in [0.15, 0.2) is 11.7 Å². The van der Waals surface area contributed by atoms with Gasteiger partial charge in [-0.25, -0.2) is 10.2 Å². The zero-order chi connectivity index (χ0) is 28.8. The van der Waals surface area contributed by atoms with E-state index in [0.29, 0.717) is 27.7 Å². The molecule has 3 aromatic rings.